The summed E-state index contributed by atoms with van der Waals surface area (Å²) in [6.07, 6.45) is 0.538. The van der Waals surface area contributed by atoms with Crippen molar-refractivity contribution in [3.05, 3.63) is 29.3 Å². The molecule has 0 aromatic heterocycles. The molecule has 0 radical (unpaired) electrons. The predicted octanol–water partition coefficient (Wildman–Crippen LogP) is 1.21. The molecule has 1 N–H and O–H groups in total. The van der Waals surface area contributed by atoms with Crippen molar-refractivity contribution in [2.45, 2.75) is 13.3 Å². The largest absolute Gasteiger partial charge is 0.497 e. The SMILES string of the molecule is COc1ccc(C(=O)N2C[C@H]3CNC(=O)C[C@H]3C2)c(C)c1. The fraction of sp³-hybridized carbons (Fsp3) is 0.500. The lowest BCUT2D eigenvalue weighted by Crippen LogP contribution is -2.40. The van der Waals surface area contributed by atoms with Crippen LogP contribution in [0.3, 0.4) is 0 Å². The number of ether oxygens (including phenoxy) is 1. The number of hydrogen-bond acceptors (Lipinski definition) is 3. The molecule has 2 fully saturated rings. The van der Waals surface area contributed by atoms with Gasteiger partial charge in [0.25, 0.3) is 5.91 Å². The number of nitrogens with one attached hydrogen (secondary N) is 1. The van der Waals surface area contributed by atoms with E-state index in [2.05, 4.69) is 5.32 Å². The lowest BCUT2D eigenvalue weighted by atomic mass is 9.89. The topological polar surface area (TPSA) is 58.6 Å². The Bertz CT molecular complexity index is 585. The molecule has 2 aliphatic heterocycles. The van der Waals surface area contributed by atoms with Gasteiger partial charge >= 0.3 is 0 Å². The molecule has 0 saturated carbocycles. The number of hydrogen-bond donors (Lipinski definition) is 1. The minimum atomic E-state index is 0.0528. The number of aryl methyl sites for hydroxylation is 1. The van der Waals surface area contributed by atoms with Crippen LogP contribution in [0.5, 0.6) is 5.75 Å². The molecule has 5 heteroatoms. The van der Waals surface area contributed by atoms with E-state index in [9.17, 15) is 9.59 Å². The van der Waals surface area contributed by atoms with Crippen LogP contribution in [0.1, 0.15) is 22.3 Å². The van der Waals surface area contributed by atoms with Gasteiger partial charge in [-0.3, -0.25) is 9.59 Å². The normalized spacial score (nSPS) is 24.5. The lowest BCUT2D eigenvalue weighted by molar-refractivity contribution is -0.124. The van der Waals surface area contributed by atoms with E-state index < -0.39 is 0 Å². The Morgan fingerprint density at radius 3 is 2.81 bits per heavy atom. The molecule has 3 rings (SSSR count). The summed E-state index contributed by atoms with van der Waals surface area (Å²) in [6.45, 7) is 4.02. The van der Waals surface area contributed by atoms with Crippen molar-refractivity contribution in [1.82, 2.24) is 10.2 Å². The molecular formula is C16H20N2O3. The van der Waals surface area contributed by atoms with Gasteiger partial charge in [-0.05, 0) is 42.5 Å². The molecule has 2 heterocycles. The molecule has 5 nitrogen and oxygen atoms in total. The Hall–Kier alpha value is -2.04. The molecule has 2 atom stereocenters. The smallest absolute Gasteiger partial charge is 0.254 e. The van der Waals surface area contributed by atoms with Gasteiger partial charge in [-0.1, -0.05) is 0 Å². The predicted molar refractivity (Wildman–Crippen MR) is 78.2 cm³/mol. The maximum absolute atomic E-state index is 12.7. The van der Waals surface area contributed by atoms with Crippen LogP contribution >= 0.6 is 0 Å². The molecule has 1 aromatic carbocycles. The summed E-state index contributed by atoms with van der Waals surface area (Å²) in [5, 5.41) is 2.89. The van der Waals surface area contributed by atoms with Crippen LogP contribution in [0.2, 0.25) is 0 Å². The quantitative estimate of drug-likeness (QED) is 0.890. The van der Waals surface area contributed by atoms with Crippen LogP contribution in [-0.2, 0) is 4.79 Å². The Balaban J connectivity index is 1.76. The molecule has 2 amide bonds. The third-order valence-electron chi connectivity index (χ3n) is 4.54. The van der Waals surface area contributed by atoms with Crippen LogP contribution in [0, 0.1) is 18.8 Å². The van der Waals surface area contributed by atoms with Crippen LogP contribution in [0.25, 0.3) is 0 Å². The van der Waals surface area contributed by atoms with Crippen molar-refractivity contribution in [2.75, 3.05) is 26.7 Å². The zero-order valence-corrected chi connectivity index (χ0v) is 12.4. The van der Waals surface area contributed by atoms with Gasteiger partial charge in [0.1, 0.15) is 5.75 Å². The zero-order chi connectivity index (χ0) is 15.0. The maximum Gasteiger partial charge on any atom is 0.254 e. The molecule has 0 unspecified atom stereocenters. The number of piperidine rings is 1. The van der Waals surface area contributed by atoms with E-state index in [0.29, 0.717) is 36.9 Å². The number of nitrogens with zero attached hydrogens (tertiary/aromatic N) is 1. The first kappa shape index (κ1) is 13.9. The summed E-state index contributed by atoms with van der Waals surface area (Å²) in [5.74, 6) is 1.61. The molecular weight excluding hydrogens is 268 g/mol. The average Bonchev–Trinajstić information content (AvgIpc) is 2.89. The van der Waals surface area contributed by atoms with Crippen molar-refractivity contribution in [3.63, 3.8) is 0 Å². The number of carbonyl (C=O) groups excluding carboxylic acids is 2. The fourth-order valence-electron chi connectivity index (χ4n) is 3.30. The van der Waals surface area contributed by atoms with Crippen molar-refractivity contribution >= 4 is 11.8 Å². The highest BCUT2D eigenvalue weighted by Crippen LogP contribution is 2.30. The van der Waals surface area contributed by atoms with Gasteiger partial charge in [0, 0.05) is 31.6 Å². The second-order valence-corrected chi connectivity index (χ2v) is 5.92. The number of methoxy groups -OCH3 is 1. The van der Waals surface area contributed by atoms with Crippen molar-refractivity contribution < 1.29 is 14.3 Å². The van der Waals surface area contributed by atoms with Gasteiger partial charge in [-0.15, -0.1) is 0 Å². The van der Waals surface area contributed by atoms with Gasteiger partial charge in [-0.2, -0.15) is 0 Å². The lowest BCUT2D eigenvalue weighted by Gasteiger charge is -2.23. The van der Waals surface area contributed by atoms with Crippen molar-refractivity contribution in [1.29, 1.82) is 0 Å². The highest BCUT2D eigenvalue weighted by atomic mass is 16.5. The fourth-order valence-corrected chi connectivity index (χ4v) is 3.30. The summed E-state index contributed by atoms with van der Waals surface area (Å²) in [5.41, 5.74) is 1.64. The number of rotatable bonds is 2. The first-order chi connectivity index (χ1) is 10.1. The highest BCUT2D eigenvalue weighted by molar-refractivity contribution is 5.96. The first-order valence-corrected chi connectivity index (χ1v) is 7.29. The van der Waals surface area contributed by atoms with Crippen LogP contribution in [0.4, 0.5) is 0 Å². The second-order valence-electron chi connectivity index (χ2n) is 5.92. The van der Waals surface area contributed by atoms with Gasteiger partial charge in [0.15, 0.2) is 0 Å². The van der Waals surface area contributed by atoms with Crippen LogP contribution in [0.15, 0.2) is 18.2 Å². The minimum absolute atomic E-state index is 0.0528. The summed E-state index contributed by atoms with van der Waals surface area (Å²) in [6, 6.07) is 5.51. The Morgan fingerprint density at radius 1 is 1.33 bits per heavy atom. The van der Waals surface area contributed by atoms with Crippen molar-refractivity contribution in [2.24, 2.45) is 11.8 Å². The molecule has 2 aliphatic rings. The standard InChI is InChI=1S/C16H20N2O3/c1-10-5-13(21-2)3-4-14(10)16(20)18-8-11-6-15(19)17-7-12(11)9-18/h3-5,11-12H,6-9H2,1-2H3,(H,17,19)/t11-,12+/m0/s1. The van der Waals surface area contributed by atoms with E-state index in [-0.39, 0.29) is 11.8 Å². The van der Waals surface area contributed by atoms with Crippen LogP contribution < -0.4 is 10.1 Å². The molecule has 112 valence electrons. The van der Waals surface area contributed by atoms with E-state index in [1.807, 2.05) is 30.0 Å². The average molecular weight is 288 g/mol. The summed E-state index contributed by atoms with van der Waals surface area (Å²) in [4.78, 5) is 26.0. The van der Waals surface area contributed by atoms with E-state index in [1.54, 1.807) is 7.11 Å². The highest BCUT2D eigenvalue weighted by Gasteiger charge is 2.39. The number of likely N-dealkylation sites (tertiary alicyclic amines) is 1. The van der Waals surface area contributed by atoms with Crippen molar-refractivity contribution in [3.8, 4) is 5.75 Å². The minimum Gasteiger partial charge on any atom is -0.497 e. The van der Waals surface area contributed by atoms with Gasteiger partial charge in [0.2, 0.25) is 5.91 Å². The first-order valence-electron chi connectivity index (χ1n) is 7.29. The summed E-state index contributed by atoms with van der Waals surface area (Å²) < 4.78 is 5.17. The summed E-state index contributed by atoms with van der Waals surface area (Å²) >= 11 is 0. The molecule has 1 aromatic rings. The van der Waals surface area contributed by atoms with E-state index in [0.717, 1.165) is 17.9 Å². The van der Waals surface area contributed by atoms with Gasteiger partial charge in [0.05, 0.1) is 7.11 Å². The number of carbonyl (C=O) groups is 2. The molecule has 2 saturated heterocycles. The summed E-state index contributed by atoms with van der Waals surface area (Å²) in [7, 11) is 1.62. The number of benzene rings is 1. The monoisotopic (exact) mass is 288 g/mol. The number of amides is 2. The second kappa shape index (κ2) is 5.39. The third-order valence-corrected chi connectivity index (χ3v) is 4.54. The zero-order valence-electron chi connectivity index (χ0n) is 12.4. The molecule has 21 heavy (non-hydrogen) atoms. The molecule has 0 bridgehead atoms. The van der Waals surface area contributed by atoms with E-state index >= 15 is 0 Å². The Morgan fingerprint density at radius 2 is 2.10 bits per heavy atom. The van der Waals surface area contributed by atoms with Gasteiger partial charge < -0.3 is 15.0 Å². The number of fused-ring (bicyclic) bond motifs is 1. The third kappa shape index (κ3) is 2.60. The molecule has 0 spiro atoms. The Kier molecular flexibility index (Phi) is 3.57. The van der Waals surface area contributed by atoms with Gasteiger partial charge in [-0.25, -0.2) is 0 Å². The Labute approximate surface area is 124 Å². The van der Waals surface area contributed by atoms with E-state index in [4.69, 9.17) is 4.74 Å². The maximum atomic E-state index is 12.7. The van der Waals surface area contributed by atoms with E-state index in [1.165, 1.54) is 0 Å². The molecule has 0 aliphatic carbocycles. The van der Waals surface area contributed by atoms with Crippen LogP contribution in [-0.4, -0.2) is 43.5 Å².